The van der Waals surface area contributed by atoms with E-state index in [1.807, 2.05) is 32.9 Å². The average molecular weight is 789 g/mol. The van der Waals surface area contributed by atoms with Gasteiger partial charge in [0.15, 0.2) is 0 Å². The van der Waals surface area contributed by atoms with Crippen LogP contribution in [-0.2, 0) is 54.3 Å². The number of amides is 7. The van der Waals surface area contributed by atoms with Gasteiger partial charge in [0.2, 0.25) is 17.7 Å². The Morgan fingerprint density at radius 2 is 1.36 bits per heavy atom. The number of nitrogens with zero attached hydrogens (tertiary/aromatic N) is 1. The number of carbonyl (C=O) groups excluding carboxylic acids is 6. The molecular formula is C39H60N6O11. The summed E-state index contributed by atoms with van der Waals surface area (Å²) in [4.78, 5) is 74.8. The zero-order valence-corrected chi connectivity index (χ0v) is 33.3. The molecule has 0 spiro atoms. The second-order valence-electron chi connectivity index (χ2n) is 14.3. The first-order chi connectivity index (χ1) is 26.6. The maximum absolute atomic E-state index is 13.4. The average Bonchev–Trinajstić information content (AvgIpc) is 3.46. The van der Waals surface area contributed by atoms with Crippen molar-refractivity contribution in [2.45, 2.75) is 72.6 Å². The van der Waals surface area contributed by atoms with Gasteiger partial charge >= 0.3 is 6.03 Å². The molecule has 2 atom stereocenters. The number of carbonyl (C=O) groups is 6. The number of ether oxygens (including phenoxy) is 5. The fourth-order valence-corrected chi connectivity index (χ4v) is 4.86. The van der Waals surface area contributed by atoms with Crippen molar-refractivity contribution in [2.75, 3.05) is 71.3 Å². The van der Waals surface area contributed by atoms with Gasteiger partial charge in [-0.15, -0.1) is 0 Å². The number of primary amides is 1. The van der Waals surface area contributed by atoms with Crippen molar-refractivity contribution in [1.82, 2.24) is 20.9 Å². The maximum Gasteiger partial charge on any atom is 0.312 e. The van der Waals surface area contributed by atoms with Gasteiger partial charge in [0.25, 0.3) is 11.8 Å². The van der Waals surface area contributed by atoms with E-state index in [9.17, 15) is 28.8 Å². The summed E-state index contributed by atoms with van der Waals surface area (Å²) in [5, 5.41) is 10.8. The summed E-state index contributed by atoms with van der Waals surface area (Å²) >= 11 is 0. The molecule has 1 heterocycles. The minimum Gasteiger partial charge on any atom is -0.493 e. The van der Waals surface area contributed by atoms with Crippen LogP contribution in [0.5, 0.6) is 0 Å². The van der Waals surface area contributed by atoms with Crippen LogP contribution in [0.1, 0.15) is 59.4 Å². The lowest BCUT2D eigenvalue weighted by Gasteiger charge is -2.25. The molecule has 0 radical (unpaired) electrons. The molecule has 17 heteroatoms. The Labute approximate surface area is 329 Å². The smallest absolute Gasteiger partial charge is 0.312 e. The van der Waals surface area contributed by atoms with E-state index >= 15 is 0 Å². The van der Waals surface area contributed by atoms with Gasteiger partial charge in [0.1, 0.15) is 18.7 Å². The number of anilines is 1. The zero-order valence-electron chi connectivity index (χ0n) is 33.3. The van der Waals surface area contributed by atoms with Crippen molar-refractivity contribution in [3.63, 3.8) is 0 Å². The van der Waals surface area contributed by atoms with Crippen LogP contribution in [0.2, 0.25) is 0 Å². The van der Waals surface area contributed by atoms with E-state index in [1.54, 1.807) is 26.0 Å². The summed E-state index contributed by atoms with van der Waals surface area (Å²) in [6, 6.07) is 4.52. The molecule has 1 aromatic rings. The molecule has 7 amide bonds. The summed E-state index contributed by atoms with van der Waals surface area (Å²) < 4.78 is 27.5. The topological polar surface area (TPSA) is 226 Å². The van der Waals surface area contributed by atoms with Gasteiger partial charge in [0.05, 0.1) is 65.2 Å². The number of nitrogens with two attached hydrogens (primary N) is 1. The first-order valence-corrected chi connectivity index (χ1v) is 18.8. The zero-order chi connectivity index (χ0) is 41.5. The summed E-state index contributed by atoms with van der Waals surface area (Å²) in [5.74, 6) is -1.71. The SMILES string of the molecule is C=C(OCc1ccc(NC(=O)[C@H](CCCNC(N)=O)NC(=O)C(NC(=O)CCOCCOCCOCCOCCN2C(=O)C=CC2=O)C(C)C)cc1)C(C)(C)C. The molecule has 0 bridgehead atoms. The van der Waals surface area contributed by atoms with E-state index < -0.39 is 35.8 Å². The lowest BCUT2D eigenvalue weighted by atomic mass is 9.95. The molecule has 0 fully saturated rings. The highest BCUT2D eigenvalue weighted by atomic mass is 16.6. The third-order valence-corrected chi connectivity index (χ3v) is 8.29. The highest BCUT2D eigenvalue weighted by molar-refractivity contribution is 6.12. The van der Waals surface area contributed by atoms with Crippen LogP contribution < -0.4 is 27.0 Å². The minimum atomic E-state index is -0.973. The predicted molar refractivity (Wildman–Crippen MR) is 208 cm³/mol. The monoisotopic (exact) mass is 788 g/mol. The number of imide groups is 1. The molecule has 1 unspecified atom stereocenters. The largest absolute Gasteiger partial charge is 0.493 e. The van der Waals surface area contributed by atoms with Crippen LogP contribution >= 0.6 is 0 Å². The van der Waals surface area contributed by atoms with Crippen LogP contribution in [0.15, 0.2) is 48.8 Å². The Kier molecular flexibility index (Phi) is 21.4. The molecule has 312 valence electrons. The molecule has 17 nitrogen and oxygen atoms in total. The van der Waals surface area contributed by atoms with Gasteiger partial charge in [-0.05, 0) is 36.5 Å². The normalized spacial score (nSPS) is 13.7. The molecular weight excluding hydrogens is 728 g/mol. The summed E-state index contributed by atoms with van der Waals surface area (Å²) in [6.07, 6.45) is 3.00. The van der Waals surface area contributed by atoms with Crippen LogP contribution in [0.3, 0.4) is 0 Å². The molecule has 0 aliphatic carbocycles. The third-order valence-electron chi connectivity index (χ3n) is 8.29. The second kappa shape index (κ2) is 25.3. The lowest BCUT2D eigenvalue weighted by Crippen LogP contribution is -2.54. The number of urea groups is 1. The van der Waals surface area contributed by atoms with Gasteiger partial charge in [-0.1, -0.05) is 53.3 Å². The Balaban J connectivity index is 1.71. The maximum atomic E-state index is 13.4. The standard InChI is InChI=1S/C39H60N6O11/c1-27(2)35(44-32(46)15-18-52-20-22-54-24-25-55-23-21-53-19-17-45-33(47)13-14-34(45)48)37(50)43-31(8-7-16-41-38(40)51)36(49)42-30-11-9-29(10-12-30)26-56-28(3)39(4,5)6/h9-14,27,31,35H,3,7-8,15-26H2,1-2,4-6H3,(H,42,49)(H,43,50)(H,44,46)(H3,40,41,51)/t31-,35?/m0/s1. The highest BCUT2D eigenvalue weighted by Gasteiger charge is 2.29. The first kappa shape index (κ1) is 47.3. The Bertz CT molecular complexity index is 1460. The van der Waals surface area contributed by atoms with Gasteiger partial charge in [-0.25, -0.2) is 4.79 Å². The molecule has 2 rings (SSSR count). The van der Waals surface area contributed by atoms with E-state index in [1.165, 1.54) is 12.2 Å². The van der Waals surface area contributed by atoms with Crippen molar-refractivity contribution in [1.29, 1.82) is 0 Å². The van der Waals surface area contributed by atoms with Crippen molar-refractivity contribution >= 4 is 41.3 Å². The van der Waals surface area contributed by atoms with Crippen LogP contribution in [0.25, 0.3) is 0 Å². The fraction of sp³-hybridized carbons (Fsp3) is 0.590. The third kappa shape index (κ3) is 19.2. The molecule has 0 aromatic heterocycles. The molecule has 0 saturated heterocycles. The van der Waals surface area contributed by atoms with Crippen LogP contribution in [0, 0.1) is 11.3 Å². The molecule has 6 N–H and O–H groups in total. The molecule has 56 heavy (non-hydrogen) atoms. The molecule has 1 aliphatic rings. The summed E-state index contributed by atoms with van der Waals surface area (Å²) in [7, 11) is 0. The van der Waals surface area contributed by atoms with Gasteiger partial charge < -0.3 is 50.7 Å². The number of rotatable bonds is 28. The number of hydrogen-bond donors (Lipinski definition) is 5. The lowest BCUT2D eigenvalue weighted by molar-refractivity contribution is -0.137. The quantitative estimate of drug-likeness (QED) is 0.0470. The van der Waals surface area contributed by atoms with E-state index in [4.69, 9.17) is 29.4 Å². The van der Waals surface area contributed by atoms with Crippen LogP contribution in [0.4, 0.5) is 10.5 Å². The fourth-order valence-electron chi connectivity index (χ4n) is 4.86. The van der Waals surface area contributed by atoms with Crippen molar-refractivity contribution < 1.29 is 52.5 Å². The Morgan fingerprint density at radius 1 is 0.804 bits per heavy atom. The summed E-state index contributed by atoms with van der Waals surface area (Å²) in [5.41, 5.74) is 6.37. The number of hydrogen-bond acceptors (Lipinski definition) is 11. The first-order valence-electron chi connectivity index (χ1n) is 18.8. The van der Waals surface area contributed by atoms with Gasteiger partial charge in [0, 0.05) is 36.2 Å². The van der Waals surface area contributed by atoms with Crippen molar-refractivity contribution in [3.05, 3.63) is 54.3 Å². The van der Waals surface area contributed by atoms with Crippen molar-refractivity contribution in [2.24, 2.45) is 17.1 Å². The number of nitrogens with one attached hydrogen (secondary N) is 4. The van der Waals surface area contributed by atoms with Gasteiger partial charge in [-0.2, -0.15) is 0 Å². The minimum absolute atomic E-state index is 0.00422. The van der Waals surface area contributed by atoms with E-state index in [-0.39, 0.29) is 75.5 Å². The van der Waals surface area contributed by atoms with E-state index in [0.29, 0.717) is 50.9 Å². The van der Waals surface area contributed by atoms with Crippen LogP contribution in [-0.4, -0.2) is 118 Å². The van der Waals surface area contributed by atoms with Gasteiger partial charge in [-0.3, -0.25) is 28.9 Å². The Hall–Kier alpha value is -4.84. The summed E-state index contributed by atoms with van der Waals surface area (Å²) in [6.45, 7) is 16.4. The molecule has 0 saturated carbocycles. The second-order valence-corrected chi connectivity index (χ2v) is 14.3. The number of allylic oxidation sites excluding steroid dienone is 1. The molecule has 1 aromatic carbocycles. The molecule has 1 aliphatic heterocycles. The van der Waals surface area contributed by atoms with E-state index in [0.717, 1.165) is 10.5 Å². The number of benzene rings is 1. The highest BCUT2D eigenvalue weighted by Crippen LogP contribution is 2.25. The van der Waals surface area contributed by atoms with Crippen molar-refractivity contribution in [3.8, 4) is 0 Å². The predicted octanol–water partition coefficient (Wildman–Crippen LogP) is 2.16. The van der Waals surface area contributed by atoms with E-state index in [2.05, 4.69) is 27.8 Å². The Morgan fingerprint density at radius 3 is 1.89 bits per heavy atom.